The Labute approximate surface area is 138 Å². The summed E-state index contributed by atoms with van der Waals surface area (Å²) < 4.78 is 0. The van der Waals surface area contributed by atoms with Gasteiger partial charge in [-0.25, -0.2) is 0 Å². The Hall–Kier alpha value is -1.84. The van der Waals surface area contributed by atoms with Crippen molar-refractivity contribution >= 4 is 11.8 Å². The van der Waals surface area contributed by atoms with Crippen LogP contribution in [-0.2, 0) is 16.0 Å². The van der Waals surface area contributed by atoms with Gasteiger partial charge >= 0.3 is 0 Å². The van der Waals surface area contributed by atoms with Gasteiger partial charge in [-0.15, -0.1) is 0 Å². The summed E-state index contributed by atoms with van der Waals surface area (Å²) >= 11 is 0. The van der Waals surface area contributed by atoms with Gasteiger partial charge in [0.2, 0.25) is 11.8 Å². The van der Waals surface area contributed by atoms with Gasteiger partial charge in [-0.2, -0.15) is 0 Å². The highest BCUT2D eigenvalue weighted by atomic mass is 16.2. The van der Waals surface area contributed by atoms with Gasteiger partial charge in [0.15, 0.2) is 0 Å². The number of rotatable bonds is 5. The van der Waals surface area contributed by atoms with Gasteiger partial charge in [0.05, 0.1) is 5.41 Å². The van der Waals surface area contributed by atoms with Gasteiger partial charge in [0.1, 0.15) is 0 Å². The number of nitrogens with one attached hydrogen (secondary N) is 1. The minimum Gasteiger partial charge on any atom is -0.356 e. The molecule has 4 nitrogen and oxygen atoms in total. The zero-order chi connectivity index (χ0) is 16.1. The molecule has 2 saturated heterocycles. The van der Waals surface area contributed by atoms with Gasteiger partial charge in [0.25, 0.3) is 0 Å². The second-order valence-corrected chi connectivity index (χ2v) is 6.90. The van der Waals surface area contributed by atoms with E-state index in [1.165, 1.54) is 5.56 Å². The lowest BCUT2D eigenvalue weighted by atomic mass is 9.79. The summed E-state index contributed by atoms with van der Waals surface area (Å²) in [5.41, 5.74) is 1.04. The monoisotopic (exact) mass is 314 g/mol. The van der Waals surface area contributed by atoms with Crippen LogP contribution in [0, 0.1) is 5.41 Å². The molecule has 1 spiro atoms. The first-order valence-electron chi connectivity index (χ1n) is 8.80. The number of likely N-dealkylation sites (tertiary alicyclic amines) is 1. The van der Waals surface area contributed by atoms with E-state index in [9.17, 15) is 9.59 Å². The number of benzene rings is 1. The fraction of sp³-hybridized carbons (Fsp3) is 0.579. The van der Waals surface area contributed by atoms with Gasteiger partial charge in [-0.3, -0.25) is 9.59 Å². The molecule has 2 aliphatic heterocycles. The predicted molar refractivity (Wildman–Crippen MR) is 89.9 cm³/mol. The number of unbranched alkanes of at least 4 members (excludes halogenated alkanes) is 1. The van der Waals surface area contributed by atoms with E-state index in [1.54, 1.807) is 0 Å². The molecule has 0 radical (unpaired) electrons. The molecule has 1 aromatic carbocycles. The first-order chi connectivity index (χ1) is 11.2. The lowest BCUT2D eigenvalue weighted by Crippen LogP contribution is -2.47. The van der Waals surface area contributed by atoms with Crippen molar-refractivity contribution in [3.05, 3.63) is 35.9 Å². The summed E-state index contributed by atoms with van der Waals surface area (Å²) in [7, 11) is 0. The molecule has 2 fully saturated rings. The van der Waals surface area contributed by atoms with E-state index in [2.05, 4.69) is 29.6 Å². The number of piperidine rings is 1. The maximum absolute atomic E-state index is 12.4. The van der Waals surface area contributed by atoms with Crippen LogP contribution in [0.3, 0.4) is 0 Å². The SMILES string of the molecule is O=C(CCCCc1ccccc1)N1CCC2(CCCNC2=O)C1. The first kappa shape index (κ1) is 16.0. The van der Waals surface area contributed by atoms with Gasteiger partial charge < -0.3 is 10.2 Å². The van der Waals surface area contributed by atoms with Crippen molar-refractivity contribution < 1.29 is 9.59 Å². The zero-order valence-electron chi connectivity index (χ0n) is 13.7. The molecule has 1 N–H and O–H groups in total. The number of aryl methyl sites for hydroxylation is 1. The molecule has 4 heteroatoms. The molecule has 2 aliphatic rings. The Morgan fingerprint density at radius 1 is 1.17 bits per heavy atom. The molecule has 1 unspecified atom stereocenters. The average Bonchev–Trinajstić information content (AvgIpc) is 3.01. The van der Waals surface area contributed by atoms with Crippen molar-refractivity contribution in [3.8, 4) is 0 Å². The van der Waals surface area contributed by atoms with Crippen LogP contribution in [-0.4, -0.2) is 36.3 Å². The van der Waals surface area contributed by atoms with Crippen molar-refractivity contribution in [1.82, 2.24) is 10.2 Å². The minimum absolute atomic E-state index is 0.156. The van der Waals surface area contributed by atoms with Crippen molar-refractivity contribution in [2.75, 3.05) is 19.6 Å². The Morgan fingerprint density at radius 3 is 2.78 bits per heavy atom. The summed E-state index contributed by atoms with van der Waals surface area (Å²) in [6.45, 7) is 2.15. The normalized spacial score (nSPS) is 24.0. The van der Waals surface area contributed by atoms with E-state index in [0.717, 1.165) is 51.6 Å². The maximum atomic E-state index is 12.4. The zero-order valence-corrected chi connectivity index (χ0v) is 13.7. The minimum atomic E-state index is -0.294. The van der Waals surface area contributed by atoms with Crippen LogP contribution in [0.15, 0.2) is 30.3 Å². The highest BCUT2D eigenvalue weighted by Crippen LogP contribution is 2.37. The summed E-state index contributed by atoms with van der Waals surface area (Å²) in [5, 5.41) is 2.97. The Morgan fingerprint density at radius 2 is 2.00 bits per heavy atom. The second kappa shape index (κ2) is 7.16. The Balaban J connectivity index is 1.42. The van der Waals surface area contributed by atoms with Crippen molar-refractivity contribution in [2.24, 2.45) is 5.41 Å². The van der Waals surface area contributed by atoms with Crippen molar-refractivity contribution in [2.45, 2.75) is 44.9 Å². The number of hydrogen-bond acceptors (Lipinski definition) is 2. The molecule has 3 rings (SSSR count). The second-order valence-electron chi connectivity index (χ2n) is 6.90. The third-order valence-electron chi connectivity index (χ3n) is 5.25. The van der Waals surface area contributed by atoms with Crippen LogP contribution in [0.2, 0.25) is 0 Å². The molecule has 0 saturated carbocycles. The quantitative estimate of drug-likeness (QED) is 0.849. The third-order valence-corrected chi connectivity index (χ3v) is 5.25. The molecule has 0 aromatic heterocycles. The van der Waals surface area contributed by atoms with Crippen LogP contribution in [0.4, 0.5) is 0 Å². The number of carbonyl (C=O) groups excluding carboxylic acids is 2. The topological polar surface area (TPSA) is 49.4 Å². The van der Waals surface area contributed by atoms with Crippen molar-refractivity contribution in [3.63, 3.8) is 0 Å². The number of amides is 2. The molecule has 23 heavy (non-hydrogen) atoms. The average molecular weight is 314 g/mol. The lowest BCUT2D eigenvalue weighted by Gasteiger charge is -2.32. The highest BCUT2D eigenvalue weighted by molar-refractivity contribution is 5.85. The van der Waals surface area contributed by atoms with E-state index in [1.807, 2.05) is 11.0 Å². The molecular weight excluding hydrogens is 288 g/mol. The molecule has 1 aromatic rings. The van der Waals surface area contributed by atoms with Crippen LogP contribution in [0.5, 0.6) is 0 Å². The molecular formula is C19H26N2O2. The van der Waals surface area contributed by atoms with Crippen LogP contribution in [0.25, 0.3) is 0 Å². The number of hydrogen-bond donors (Lipinski definition) is 1. The standard InChI is InChI=1S/C19H26N2O2/c22-17(10-5-4-9-16-7-2-1-3-8-16)21-14-12-19(15-21)11-6-13-20-18(19)23/h1-3,7-8H,4-6,9-15H2,(H,20,23). The fourth-order valence-corrected chi connectivity index (χ4v) is 3.81. The molecule has 1 atom stereocenters. The first-order valence-corrected chi connectivity index (χ1v) is 8.80. The predicted octanol–water partition coefficient (Wildman–Crippen LogP) is 2.53. The summed E-state index contributed by atoms with van der Waals surface area (Å²) in [4.78, 5) is 26.4. The maximum Gasteiger partial charge on any atom is 0.228 e. The van der Waals surface area contributed by atoms with E-state index >= 15 is 0 Å². The van der Waals surface area contributed by atoms with E-state index in [-0.39, 0.29) is 17.2 Å². The molecule has 0 bridgehead atoms. The van der Waals surface area contributed by atoms with Gasteiger partial charge in [0, 0.05) is 26.1 Å². The molecule has 2 heterocycles. The van der Waals surface area contributed by atoms with E-state index < -0.39 is 0 Å². The lowest BCUT2D eigenvalue weighted by molar-refractivity contribution is -0.134. The third kappa shape index (κ3) is 3.74. The highest BCUT2D eigenvalue weighted by Gasteiger charge is 2.46. The Kier molecular flexibility index (Phi) is 4.99. The van der Waals surface area contributed by atoms with E-state index in [0.29, 0.717) is 13.0 Å². The summed E-state index contributed by atoms with van der Waals surface area (Å²) in [6.07, 6.45) is 6.37. The number of nitrogens with zero attached hydrogens (tertiary/aromatic N) is 1. The molecule has 2 amide bonds. The Bertz CT molecular complexity index is 558. The smallest absolute Gasteiger partial charge is 0.228 e. The fourth-order valence-electron chi connectivity index (χ4n) is 3.81. The number of carbonyl (C=O) groups is 2. The van der Waals surface area contributed by atoms with Crippen molar-refractivity contribution in [1.29, 1.82) is 0 Å². The van der Waals surface area contributed by atoms with Crippen LogP contribution in [0.1, 0.15) is 44.1 Å². The van der Waals surface area contributed by atoms with Gasteiger partial charge in [-0.05, 0) is 44.1 Å². The largest absolute Gasteiger partial charge is 0.356 e. The van der Waals surface area contributed by atoms with E-state index in [4.69, 9.17) is 0 Å². The van der Waals surface area contributed by atoms with Crippen LogP contribution < -0.4 is 5.32 Å². The molecule has 0 aliphatic carbocycles. The molecule has 124 valence electrons. The summed E-state index contributed by atoms with van der Waals surface area (Å²) in [5.74, 6) is 0.372. The summed E-state index contributed by atoms with van der Waals surface area (Å²) in [6, 6.07) is 10.4. The van der Waals surface area contributed by atoms with Gasteiger partial charge in [-0.1, -0.05) is 30.3 Å². The van der Waals surface area contributed by atoms with Crippen LogP contribution >= 0.6 is 0 Å².